The lowest BCUT2D eigenvalue weighted by Crippen LogP contribution is -2.55. The Labute approximate surface area is 116 Å². The van der Waals surface area contributed by atoms with E-state index in [0.717, 1.165) is 31.9 Å². The van der Waals surface area contributed by atoms with Crippen LogP contribution in [0.25, 0.3) is 0 Å². The van der Waals surface area contributed by atoms with Crippen LogP contribution in [-0.2, 0) is 19.9 Å². The fourth-order valence-electron chi connectivity index (χ4n) is 2.68. The molecular formula is C11H24N2O4S2. The van der Waals surface area contributed by atoms with Gasteiger partial charge in [-0.15, -0.1) is 0 Å². The first-order valence-electron chi connectivity index (χ1n) is 6.47. The largest absolute Gasteiger partial charge is 0.329 e. The van der Waals surface area contributed by atoms with Crippen molar-refractivity contribution in [3.8, 4) is 0 Å². The van der Waals surface area contributed by atoms with Crippen LogP contribution in [0.15, 0.2) is 0 Å². The van der Waals surface area contributed by atoms with Gasteiger partial charge in [-0.1, -0.05) is 25.7 Å². The summed E-state index contributed by atoms with van der Waals surface area (Å²) in [7, 11) is -5.96. The monoisotopic (exact) mass is 312 g/mol. The number of nitrogens with two attached hydrogens (primary N) is 1. The lowest BCUT2D eigenvalue weighted by Gasteiger charge is -2.39. The van der Waals surface area contributed by atoms with Gasteiger partial charge in [-0.2, -0.15) is 4.31 Å². The van der Waals surface area contributed by atoms with Crippen molar-refractivity contribution in [3.63, 3.8) is 0 Å². The Morgan fingerprint density at radius 3 is 1.89 bits per heavy atom. The van der Waals surface area contributed by atoms with E-state index in [1.165, 1.54) is 11.4 Å². The number of likely N-dealkylation sites (N-methyl/N-ethyl adjacent to an activating group) is 1. The molecule has 114 valence electrons. The molecule has 0 unspecified atom stereocenters. The molecule has 1 aliphatic carbocycles. The smallest absolute Gasteiger partial charge is 0.228 e. The fraction of sp³-hybridized carbons (Fsp3) is 1.00. The van der Waals surface area contributed by atoms with E-state index < -0.39 is 30.5 Å². The number of rotatable bonds is 5. The number of sulfone groups is 1. The van der Waals surface area contributed by atoms with Crippen molar-refractivity contribution < 1.29 is 16.8 Å². The van der Waals surface area contributed by atoms with Crippen molar-refractivity contribution >= 4 is 19.9 Å². The zero-order valence-electron chi connectivity index (χ0n) is 11.6. The molecule has 1 fully saturated rings. The van der Waals surface area contributed by atoms with Crippen molar-refractivity contribution in [2.45, 2.75) is 44.1 Å². The summed E-state index contributed by atoms with van der Waals surface area (Å²) < 4.78 is 48.2. The molecule has 1 saturated carbocycles. The first-order chi connectivity index (χ1) is 8.63. The Kier molecular flexibility index (Phi) is 5.39. The summed E-state index contributed by atoms with van der Waals surface area (Å²) in [5.74, 6) is 0. The van der Waals surface area contributed by atoms with Crippen molar-refractivity contribution in [2.24, 2.45) is 5.73 Å². The predicted octanol–water partition coefficient (Wildman–Crippen LogP) is 0.302. The summed E-state index contributed by atoms with van der Waals surface area (Å²) in [6, 6.07) is 0. The molecule has 6 nitrogen and oxygen atoms in total. The SMILES string of the molecule is CN(C1(CN)CCCCCC1)S(=O)(=O)CS(C)(=O)=O. The van der Waals surface area contributed by atoms with E-state index in [4.69, 9.17) is 5.73 Å². The molecule has 0 amide bonds. The molecule has 1 aliphatic rings. The maximum absolute atomic E-state index is 12.2. The zero-order valence-corrected chi connectivity index (χ0v) is 13.3. The topological polar surface area (TPSA) is 97.5 Å². The van der Waals surface area contributed by atoms with Gasteiger partial charge in [0.25, 0.3) is 0 Å². The first-order valence-corrected chi connectivity index (χ1v) is 10.1. The van der Waals surface area contributed by atoms with Crippen LogP contribution in [0.2, 0.25) is 0 Å². The molecule has 1 rings (SSSR count). The van der Waals surface area contributed by atoms with Gasteiger partial charge < -0.3 is 5.73 Å². The van der Waals surface area contributed by atoms with Crippen LogP contribution >= 0.6 is 0 Å². The maximum atomic E-state index is 12.2. The maximum Gasteiger partial charge on any atom is 0.228 e. The molecule has 8 heteroatoms. The minimum atomic E-state index is -3.84. The van der Waals surface area contributed by atoms with Crippen molar-refractivity contribution in [1.82, 2.24) is 4.31 Å². The van der Waals surface area contributed by atoms with Crippen LogP contribution in [0, 0.1) is 0 Å². The minimum Gasteiger partial charge on any atom is -0.329 e. The average Bonchev–Trinajstić information content (AvgIpc) is 2.50. The molecular weight excluding hydrogens is 288 g/mol. The highest BCUT2D eigenvalue weighted by Gasteiger charge is 2.41. The van der Waals surface area contributed by atoms with Gasteiger partial charge in [-0.05, 0) is 12.8 Å². The van der Waals surface area contributed by atoms with Crippen LogP contribution in [0.4, 0.5) is 0 Å². The summed E-state index contributed by atoms with van der Waals surface area (Å²) in [4.78, 5) is 0. The van der Waals surface area contributed by atoms with Crippen LogP contribution in [-0.4, -0.2) is 51.6 Å². The molecule has 0 radical (unpaired) electrons. The van der Waals surface area contributed by atoms with Crippen LogP contribution in [0.3, 0.4) is 0 Å². The van der Waals surface area contributed by atoms with Crippen molar-refractivity contribution in [1.29, 1.82) is 0 Å². The third-order valence-electron chi connectivity index (χ3n) is 3.86. The van der Waals surface area contributed by atoms with Gasteiger partial charge in [0.15, 0.2) is 14.9 Å². The molecule has 0 heterocycles. The first kappa shape index (κ1) is 16.9. The quantitative estimate of drug-likeness (QED) is 0.736. The molecule has 0 bridgehead atoms. The molecule has 0 aromatic carbocycles. The lowest BCUT2D eigenvalue weighted by atomic mass is 9.90. The molecule has 2 N–H and O–H groups in total. The number of hydrogen-bond donors (Lipinski definition) is 1. The average molecular weight is 312 g/mol. The van der Waals surface area contributed by atoms with E-state index in [0.29, 0.717) is 12.8 Å². The number of nitrogens with zero attached hydrogens (tertiary/aromatic N) is 1. The van der Waals surface area contributed by atoms with Gasteiger partial charge in [-0.25, -0.2) is 16.8 Å². The second-order valence-electron chi connectivity index (χ2n) is 5.47. The van der Waals surface area contributed by atoms with Gasteiger partial charge in [0.05, 0.1) is 0 Å². The lowest BCUT2D eigenvalue weighted by molar-refractivity contribution is 0.196. The van der Waals surface area contributed by atoms with Gasteiger partial charge in [0.2, 0.25) is 10.0 Å². The third-order valence-corrected chi connectivity index (χ3v) is 7.99. The Morgan fingerprint density at radius 1 is 1.05 bits per heavy atom. The van der Waals surface area contributed by atoms with Gasteiger partial charge in [0, 0.05) is 25.4 Å². The minimum absolute atomic E-state index is 0.229. The van der Waals surface area contributed by atoms with E-state index >= 15 is 0 Å². The Balaban J connectivity index is 3.03. The highest BCUT2D eigenvalue weighted by molar-refractivity contribution is 8.06. The summed E-state index contributed by atoms with van der Waals surface area (Å²) in [5.41, 5.74) is 5.19. The second kappa shape index (κ2) is 6.07. The third kappa shape index (κ3) is 4.40. The number of sulfonamides is 1. The Hall–Kier alpha value is -0.180. The van der Waals surface area contributed by atoms with Crippen LogP contribution in [0.1, 0.15) is 38.5 Å². The van der Waals surface area contributed by atoms with Crippen molar-refractivity contribution in [2.75, 3.05) is 24.9 Å². The molecule has 0 aromatic rings. The van der Waals surface area contributed by atoms with Gasteiger partial charge >= 0.3 is 0 Å². The summed E-state index contributed by atoms with van der Waals surface area (Å²) in [6.07, 6.45) is 6.32. The molecule has 0 spiro atoms. The van der Waals surface area contributed by atoms with Gasteiger partial charge in [0.1, 0.15) is 0 Å². The van der Waals surface area contributed by atoms with Crippen LogP contribution < -0.4 is 5.73 Å². The van der Waals surface area contributed by atoms with E-state index in [-0.39, 0.29) is 6.54 Å². The molecule has 19 heavy (non-hydrogen) atoms. The fourth-order valence-corrected chi connectivity index (χ4v) is 6.32. The molecule has 0 saturated heterocycles. The van der Waals surface area contributed by atoms with Crippen LogP contribution in [0.5, 0.6) is 0 Å². The summed E-state index contributed by atoms with van der Waals surface area (Å²) in [6.45, 7) is 0.229. The Morgan fingerprint density at radius 2 is 1.53 bits per heavy atom. The highest BCUT2D eigenvalue weighted by Crippen LogP contribution is 2.33. The standard InChI is InChI=1S/C11H24N2O4S2/c1-13(19(16,17)10-18(2,14)15)11(9-12)7-5-3-4-6-8-11/h3-10,12H2,1-2H3. The van der Waals surface area contributed by atoms with E-state index in [1.807, 2.05) is 0 Å². The predicted molar refractivity (Wildman–Crippen MR) is 75.9 cm³/mol. The van der Waals surface area contributed by atoms with E-state index in [2.05, 4.69) is 0 Å². The summed E-state index contributed by atoms with van der Waals surface area (Å²) in [5, 5.41) is -0.849. The van der Waals surface area contributed by atoms with E-state index in [9.17, 15) is 16.8 Å². The second-order valence-corrected chi connectivity index (χ2v) is 9.97. The molecule has 0 aliphatic heterocycles. The zero-order chi connectivity index (χ0) is 14.7. The Bertz CT molecular complexity index is 491. The van der Waals surface area contributed by atoms with E-state index in [1.54, 1.807) is 0 Å². The van der Waals surface area contributed by atoms with Crippen molar-refractivity contribution in [3.05, 3.63) is 0 Å². The number of hydrogen-bond acceptors (Lipinski definition) is 5. The normalized spacial score (nSPS) is 21.3. The molecule has 0 aromatic heterocycles. The highest BCUT2D eigenvalue weighted by atomic mass is 32.3. The van der Waals surface area contributed by atoms with Gasteiger partial charge in [-0.3, -0.25) is 0 Å². The summed E-state index contributed by atoms with van der Waals surface area (Å²) >= 11 is 0. The molecule has 0 atom stereocenters.